The van der Waals surface area contributed by atoms with Crippen molar-refractivity contribution in [2.24, 2.45) is 5.73 Å². The average Bonchev–Trinajstić information content (AvgIpc) is 2.41. The lowest BCUT2D eigenvalue weighted by atomic mass is 10.2. The molecule has 5 nitrogen and oxygen atoms in total. The van der Waals surface area contributed by atoms with E-state index < -0.39 is 0 Å². The number of nitrogens with two attached hydrogens (primary N) is 1. The molecule has 0 atom stereocenters. The number of nitrogens with zero attached hydrogens (tertiary/aromatic N) is 1. The molecule has 1 heterocycles. The largest absolute Gasteiger partial charge is 0.389 e. The molecule has 0 aliphatic rings. The van der Waals surface area contributed by atoms with Gasteiger partial charge >= 0.3 is 0 Å². The molecule has 0 saturated carbocycles. The highest BCUT2D eigenvalue weighted by Crippen LogP contribution is 2.10. The Hall–Kier alpha value is -2.47. The van der Waals surface area contributed by atoms with Crippen LogP contribution in [0.5, 0.6) is 0 Å². The summed E-state index contributed by atoms with van der Waals surface area (Å²) < 4.78 is 1.62. The molecule has 0 fully saturated rings. The highest BCUT2D eigenvalue weighted by molar-refractivity contribution is 7.80. The van der Waals surface area contributed by atoms with Crippen molar-refractivity contribution in [2.45, 2.75) is 6.54 Å². The minimum Gasteiger partial charge on any atom is -0.389 e. The first kappa shape index (κ1) is 14.0. The Kier molecular flexibility index (Phi) is 4.27. The Balaban J connectivity index is 2.04. The molecule has 1 aromatic heterocycles. The third-order valence-corrected chi connectivity index (χ3v) is 2.85. The second-order valence-electron chi connectivity index (χ2n) is 4.20. The zero-order valence-electron chi connectivity index (χ0n) is 10.6. The van der Waals surface area contributed by atoms with Gasteiger partial charge in [0.05, 0.1) is 0 Å². The number of benzene rings is 1. The zero-order chi connectivity index (χ0) is 14.5. The topological polar surface area (TPSA) is 77.1 Å². The quantitative estimate of drug-likeness (QED) is 0.826. The summed E-state index contributed by atoms with van der Waals surface area (Å²) >= 11 is 4.88. The standard InChI is InChI=1S/C14H13N3O2S/c15-14(20)10-2-1-3-11(8-10)16-13(19)9-17-6-4-12(18)5-7-17/h1-8H,9H2,(H2,15,20)(H,16,19). The van der Waals surface area contributed by atoms with E-state index in [2.05, 4.69) is 5.32 Å². The molecule has 0 aliphatic heterocycles. The number of amides is 1. The minimum atomic E-state index is -0.200. The number of aromatic nitrogens is 1. The summed E-state index contributed by atoms with van der Waals surface area (Å²) in [5.41, 5.74) is 6.77. The summed E-state index contributed by atoms with van der Waals surface area (Å²) in [7, 11) is 0. The molecule has 0 aliphatic carbocycles. The SMILES string of the molecule is NC(=S)c1cccc(NC(=O)Cn2ccc(=O)cc2)c1. The molecular formula is C14H13N3O2S. The van der Waals surface area contributed by atoms with Gasteiger partial charge in [-0.05, 0) is 12.1 Å². The van der Waals surface area contributed by atoms with Gasteiger partial charge in [-0.3, -0.25) is 9.59 Å². The van der Waals surface area contributed by atoms with Crippen LogP contribution >= 0.6 is 12.2 Å². The van der Waals surface area contributed by atoms with Crippen LogP contribution in [-0.2, 0) is 11.3 Å². The van der Waals surface area contributed by atoms with Crippen molar-refractivity contribution in [3.63, 3.8) is 0 Å². The third kappa shape index (κ3) is 3.76. The lowest BCUT2D eigenvalue weighted by Gasteiger charge is -2.08. The number of pyridine rings is 1. The second-order valence-corrected chi connectivity index (χ2v) is 4.64. The Bertz CT molecular complexity index is 689. The molecule has 1 aromatic carbocycles. The van der Waals surface area contributed by atoms with Gasteiger partial charge in [0.25, 0.3) is 0 Å². The highest BCUT2D eigenvalue weighted by atomic mass is 32.1. The summed E-state index contributed by atoms with van der Waals surface area (Å²) in [4.78, 5) is 23.1. The van der Waals surface area contributed by atoms with Crippen molar-refractivity contribution in [1.29, 1.82) is 0 Å². The summed E-state index contributed by atoms with van der Waals surface area (Å²) in [6.45, 7) is 0.123. The van der Waals surface area contributed by atoms with Gasteiger partial charge in [-0.2, -0.15) is 0 Å². The van der Waals surface area contributed by atoms with Crippen LogP contribution in [0, 0.1) is 0 Å². The summed E-state index contributed by atoms with van der Waals surface area (Å²) in [6, 6.07) is 9.82. The number of rotatable bonds is 4. The van der Waals surface area contributed by atoms with Gasteiger partial charge in [0, 0.05) is 35.8 Å². The van der Waals surface area contributed by atoms with Crippen LogP contribution in [-0.4, -0.2) is 15.5 Å². The predicted octanol–water partition coefficient (Wildman–Crippen LogP) is 1.12. The van der Waals surface area contributed by atoms with Crippen molar-refractivity contribution in [3.8, 4) is 0 Å². The predicted molar refractivity (Wildman–Crippen MR) is 81.7 cm³/mol. The van der Waals surface area contributed by atoms with E-state index in [0.29, 0.717) is 11.3 Å². The first-order valence-corrected chi connectivity index (χ1v) is 6.31. The van der Waals surface area contributed by atoms with Crippen molar-refractivity contribution >= 4 is 28.8 Å². The fourth-order valence-electron chi connectivity index (χ4n) is 1.67. The Morgan fingerprint density at radius 2 is 1.95 bits per heavy atom. The number of carbonyl (C=O) groups is 1. The van der Waals surface area contributed by atoms with Gasteiger partial charge in [0.1, 0.15) is 11.5 Å². The van der Waals surface area contributed by atoms with Gasteiger partial charge < -0.3 is 15.6 Å². The van der Waals surface area contributed by atoms with Crippen LogP contribution in [0.15, 0.2) is 53.6 Å². The molecule has 6 heteroatoms. The van der Waals surface area contributed by atoms with E-state index in [9.17, 15) is 9.59 Å². The Morgan fingerprint density at radius 1 is 1.25 bits per heavy atom. The molecule has 0 unspecified atom stereocenters. The molecule has 0 spiro atoms. The lowest BCUT2D eigenvalue weighted by Crippen LogP contribution is -2.19. The van der Waals surface area contributed by atoms with Crippen LogP contribution in [0.3, 0.4) is 0 Å². The first-order chi connectivity index (χ1) is 9.54. The van der Waals surface area contributed by atoms with E-state index in [4.69, 9.17) is 18.0 Å². The van der Waals surface area contributed by atoms with Crippen LogP contribution in [0.1, 0.15) is 5.56 Å². The van der Waals surface area contributed by atoms with Gasteiger partial charge in [-0.25, -0.2) is 0 Å². The maximum Gasteiger partial charge on any atom is 0.244 e. The molecule has 20 heavy (non-hydrogen) atoms. The number of anilines is 1. The Morgan fingerprint density at radius 3 is 2.60 bits per heavy atom. The molecule has 0 radical (unpaired) electrons. The maximum absolute atomic E-state index is 11.9. The summed E-state index contributed by atoms with van der Waals surface area (Å²) in [5, 5.41) is 2.75. The number of hydrogen-bond donors (Lipinski definition) is 2. The van der Waals surface area contributed by atoms with E-state index in [1.807, 2.05) is 0 Å². The number of nitrogens with one attached hydrogen (secondary N) is 1. The fourth-order valence-corrected chi connectivity index (χ4v) is 1.79. The van der Waals surface area contributed by atoms with E-state index in [0.717, 1.165) is 0 Å². The zero-order valence-corrected chi connectivity index (χ0v) is 11.4. The molecule has 2 rings (SSSR count). The van der Waals surface area contributed by atoms with Gasteiger partial charge in [0.15, 0.2) is 5.43 Å². The number of carbonyl (C=O) groups excluding carboxylic acids is 1. The molecule has 0 saturated heterocycles. The second kappa shape index (κ2) is 6.12. The summed E-state index contributed by atoms with van der Waals surface area (Å²) in [6.07, 6.45) is 3.13. The third-order valence-electron chi connectivity index (χ3n) is 2.62. The van der Waals surface area contributed by atoms with Crippen LogP contribution < -0.4 is 16.5 Å². The van der Waals surface area contributed by atoms with Crippen molar-refractivity contribution < 1.29 is 4.79 Å². The van der Waals surface area contributed by atoms with E-state index in [1.165, 1.54) is 12.1 Å². The van der Waals surface area contributed by atoms with E-state index >= 15 is 0 Å². The van der Waals surface area contributed by atoms with E-state index in [-0.39, 0.29) is 22.9 Å². The number of hydrogen-bond acceptors (Lipinski definition) is 3. The van der Waals surface area contributed by atoms with Crippen LogP contribution in [0.25, 0.3) is 0 Å². The lowest BCUT2D eigenvalue weighted by molar-refractivity contribution is -0.116. The monoisotopic (exact) mass is 287 g/mol. The molecular weight excluding hydrogens is 274 g/mol. The van der Waals surface area contributed by atoms with Crippen LogP contribution in [0.2, 0.25) is 0 Å². The average molecular weight is 287 g/mol. The molecule has 0 bridgehead atoms. The van der Waals surface area contributed by atoms with Gasteiger partial charge in [-0.15, -0.1) is 0 Å². The number of thiocarbonyl (C=S) groups is 1. The molecule has 2 aromatic rings. The molecule has 1 amide bonds. The van der Waals surface area contributed by atoms with Gasteiger partial charge in [-0.1, -0.05) is 24.4 Å². The van der Waals surface area contributed by atoms with Crippen molar-refractivity contribution in [3.05, 3.63) is 64.6 Å². The smallest absolute Gasteiger partial charge is 0.244 e. The minimum absolute atomic E-state index is 0.0918. The Labute approximate surface area is 121 Å². The normalized spacial score (nSPS) is 10.0. The van der Waals surface area contributed by atoms with Gasteiger partial charge in [0.2, 0.25) is 5.91 Å². The summed E-state index contributed by atoms with van der Waals surface area (Å²) in [5.74, 6) is -0.200. The first-order valence-electron chi connectivity index (χ1n) is 5.90. The fraction of sp³-hybridized carbons (Fsp3) is 0.0714. The van der Waals surface area contributed by atoms with E-state index in [1.54, 1.807) is 41.2 Å². The highest BCUT2D eigenvalue weighted by Gasteiger charge is 2.04. The van der Waals surface area contributed by atoms with Crippen molar-refractivity contribution in [2.75, 3.05) is 5.32 Å². The maximum atomic E-state index is 11.9. The van der Waals surface area contributed by atoms with Crippen LogP contribution in [0.4, 0.5) is 5.69 Å². The van der Waals surface area contributed by atoms with Crippen molar-refractivity contribution in [1.82, 2.24) is 4.57 Å². The molecule has 102 valence electrons. The molecule has 3 N–H and O–H groups in total.